The molecule has 0 unspecified atom stereocenters. The number of hydrogen-bond donors (Lipinski definition) is 2. The van der Waals surface area contributed by atoms with Crippen LogP contribution in [0.25, 0.3) is 0 Å². The van der Waals surface area contributed by atoms with Gasteiger partial charge in [0.2, 0.25) is 10.0 Å². The van der Waals surface area contributed by atoms with Crippen molar-refractivity contribution in [1.82, 2.24) is 10.0 Å². The van der Waals surface area contributed by atoms with Crippen molar-refractivity contribution < 1.29 is 13.2 Å². The molecule has 0 bridgehead atoms. The summed E-state index contributed by atoms with van der Waals surface area (Å²) >= 11 is 0. The van der Waals surface area contributed by atoms with Crippen LogP contribution >= 0.6 is 0 Å². The van der Waals surface area contributed by atoms with Crippen LogP contribution in [0.3, 0.4) is 0 Å². The van der Waals surface area contributed by atoms with E-state index in [0.29, 0.717) is 5.56 Å². The fourth-order valence-electron chi connectivity index (χ4n) is 2.18. The Morgan fingerprint density at radius 3 is 2.28 bits per heavy atom. The summed E-state index contributed by atoms with van der Waals surface area (Å²) in [6.45, 7) is 7.78. The molecule has 5 nitrogen and oxygen atoms in total. The highest BCUT2D eigenvalue weighted by atomic mass is 32.2. The number of hydrogen-bond acceptors (Lipinski definition) is 3. The van der Waals surface area contributed by atoms with Crippen molar-refractivity contribution >= 4 is 15.9 Å². The van der Waals surface area contributed by atoms with Gasteiger partial charge in [0.25, 0.3) is 5.91 Å². The molecule has 0 saturated heterocycles. The van der Waals surface area contributed by atoms with Crippen molar-refractivity contribution in [2.45, 2.75) is 44.7 Å². The fourth-order valence-corrected chi connectivity index (χ4v) is 3.25. The van der Waals surface area contributed by atoms with E-state index < -0.39 is 15.6 Å². The minimum absolute atomic E-state index is 0.0705. The summed E-state index contributed by atoms with van der Waals surface area (Å²) in [5, 5.41) is 2.82. The SMILES string of the molecule is Cc1ccc(CNS(=O)(=O)c2cccc(C(=O)NC(C)(C)C)c2)cc1. The summed E-state index contributed by atoms with van der Waals surface area (Å²) in [5.74, 6) is -0.303. The van der Waals surface area contributed by atoms with Crippen LogP contribution in [0.5, 0.6) is 0 Å². The van der Waals surface area contributed by atoms with Crippen LogP contribution < -0.4 is 10.0 Å². The predicted molar refractivity (Wildman–Crippen MR) is 98.9 cm³/mol. The van der Waals surface area contributed by atoms with Gasteiger partial charge in [-0.15, -0.1) is 0 Å². The molecule has 0 saturated carbocycles. The summed E-state index contributed by atoms with van der Waals surface area (Å²) in [6.07, 6.45) is 0. The molecule has 2 aromatic carbocycles. The van der Waals surface area contributed by atoms with Crippen LogP contribution in [-0.2, 0) is 16.6 Å². The molecule has 0 atom stereocenters. The third-order valence-corrected chi connectivity index (χ3v) is 4.88. The van der Waals surface area contributed by atoms with Crippen molar-refractivity contribution in [1.29, 1.82) is 0 Å². The number of rotatable bonds is 5. The second-order valence-corrected chi connectivity index (χ2v) is 8.81. The molecule has 2 N–H and O–H groups in total. The average molecular weight is 360 g/mol. The number of nitrogens with one attached hydrogen (secondary N) is 2. The Morgan fingerprint density at radius 1 is 1.04 bits per heavy atom. The van der Waals surface area contributed by atoms with Gasteiger partial charge in [0.05, 0.1) is 4.90 Å². The van der Waals surface area contributed by atoms with E-state index in [-0.39, 0.29) is 17.3 Å². The third-order valence-electron chi connectivity index (χ3n) is 3.48. The van der Waals surface area contributed by atoms with Gasteiger partial charge in [0, 0.05) is 17.6 Å². The van der Waals surface area contributed by atoms with Crippen molar-refractivity contribution in [3.05, 3.63) is 65.2 Å². The zero-order valence-electron chi connectivity index (χ0n) is 15.0. The van der Waals surface area contributed by atoms with Gasteiger partial charge in [-0.3, -0.25) is 4.79 Å². The molecular formula is C19H24N2O3S. The van der Waals surface area contributed by atoms with E-state index in [0.717, 1.165) is 11.1 Å². The second kappa shape index (κ2) is 7.37. The molecule has 0 aliphatic rings. The maximum atomic E-state index is 12.5. The Bertz CT molecular complexity index is 851. The minimum Gasteiger partial charge on any atom is -0.347 e. The van der Waals surface area contributed by atoms with Gasteiger partial charge in [0.15, 0.2) is 0 Å². The lowest BCUT2D eigenvalue weighted by atomic mass is 10.1. The molecule has 134 valence electrons. The Balaban J connectivity index is 2.15. The summed E-state index contributed by atoms with van der Waals surface area (Å²) < 4.78 is 27.5. The first kappa shape index (κ1) is 19.1. The van der Waals surface area contributed by atoms with E-state index in [1.807, 2.05) is 52.0 Å². The van der Waals surface area contributed by atoms with Crippen LogP contribution in [-0.4, -0.2) is 19.9 Å². The molecule has 0 radical (unpaired) electrons. The van der Waals surface area contributed by atoms with Gasteiger partial charge in [0.1, 0.15) is 0 Å². The van der Waals surface area contributed by atoms with Gasteiger partial charge < -0.3 is 5.32 Å². The summed E-state index contributed by atoms with van der Waals surface area (Å²) in [4.78, 5) is 12.3. The highest BCUT2D eigenvalue weighted by molar-refractivity contribution is 7.89. The number of benzene rings is 2. The molecule has 25 heavy (non-hydrogen) atoms. The van der Waals surface area contributed by atoms with E-state index in [9.17, 15) is 13.2 Å². The molecule has 1 amide bonds. The van der Waals surface area contributed by atoms with Crippen LogP contribution in [0.1, 0.15) is 42.3 Å². The van der Waals surface area contributed by atoms with Gasteiger partial charge in [-0.25, -0.2) is 13.1 Å². The lowest BCUT2D eigenvalue weighted by Gasteiger charge is -2.20. The van der Waals surface area contributed by atoms with E-state index in [2.05, 4.69) is 10.0 Å². The Hall–Kier alpha value is -2.18. The maximum absolute atomic E-state index is 12.5. The summed E-state index contributed by atoms with van der Waals surface area (Å²) in [7, 11) is -3.70. The molecule has 0 aliphatic carbocycles. The van der Waals surface area contributed by atoms with E-state index in [4.69, 9.17) is 0 Å². The Kier molecular flexibility index (Phi) is 5.65. The third kappa shape index (κ3) is 5.69. The first-order valence-corrected chi connectivity index (χ1v) is 9.53. The molecule has 0 heterocycles. The van der Waals surface area contributed by atoms with Crippen molar-refractivity contribution in [2.24, 2.45) is 0 Å². The van der Waals surface area contributed by atoms with Crippen LogP contribution in [0.2, 0.25) is 0 Å². The molecule has 2 aromatic rings. The number of sulfonamides is 1. The van der Waals surface area contributed by atoms with Gasteiger partial charge in [-0.2, -0.15) is 0 Å². The van der Waals surface area contributed by atoms with Crippen molar-refractivity contribution in [3.63, 3.8) is 0 Å². The normalized spacial score (nSPS) is 12.0. The standard InChI is InChI=1S/C19H24N2O3S/c1-14-8-10-15(11-9-14)13-20-25(23,24)17-7-5-6-16(12-17)18(22)21-19(2,3)4/h5-12,20H,13H2,1-4H3,(H,21,22). The lowest BCUT2D eigenvalue weighted by molar-refractivity contribution is 0.0919. The highest BCUT2D eigenvalue weighted by Crippen LogP contribution is 2.14. The summed E-state index contributed by atoms with van der Waals surface area (Å²) in [6, 6.07) is 13.7. The maximum Gasteiger partial charge on any atom is 0.251 e. The molecule has 0 spiro atoms. The smallest absolute Gasteiger partial charge is 0.251 e. The number of carbonyl (C=O) groups excluding carboxylic acids is 1. The molecule has 0 fully saturated rings. The van der Waals surface area contributed by atoms with E-state index >= 15 is 0 Å². The van der Waals surface area contributed by atoms with Gasteiger partial charge in [-0.1, -0.05) is 35.9 Å². The van der Waals surface area contributed by atoms with Crippen LogP contribution in [0.15, 0.2) is 53.4 Å². The molecule has 0 aliphatic heterocycles. The number of amides is 1. The highest BCUT2D eigenvalue weighted by Gasteiger charge is 2.19. The Labute approximate surface area is 149 Å². The summed E-state index contributed by atoms with van der Waals surface area (Å²) in [5.41, 5.74) is 1.91. The van der Waals surface area contributed by atoms with Crippen LogP contribution in [0, 0.1) is 6.92 Å². The zero-order valence-corrected chi connectivity index (χ0v) is 15.8. The Morgan fingerprint density at radius 2 is 1.68 bits per heavy atom. The minimum atomic E-state index is -3.70. The predicted octanol–water partition coefficient (Wildman–Crippen LogP) is 3.00. The van der Waals surface area contributed by atoms with Crippen LogP contribution in [0.4, 0.5) is 0 Å². The quantitative estimate of drug-likeness (QED) is 0.861. The van der Waals surface area contributed by atoms with Gasteiger partial charge in [-0.05, 0) is 51.5 Å². The second-order valence-electron chi connectivity index (χ2n) is 7.04. The van der Waals surface area contributed by atoms with Crippen molar-refractivity contribution in [3.8, 4) is 0 Å². The average Bonchev–Trinajstić information content (AvgIpc) is 2.53. The number of carbonyl (C=O) groups is 1. The first-order chi connectivity index (χ1) is 11.6. The largest absolute Gasteiger partial charge is 0.347 e. The molecule has 0 aromatic heterocycles. The molecule has 2 rings (SSSR count). The van der Waals surface area contributed by atoms with E-state index in [1.54, 1.807) is 12.1 Å². The zero-order chi connectivity index (χ0) is 18.7. The number of aryl methyl sites for hydroxylation is 1. The topological polar surface area (TPSA) is 75.3 Å². The molecular weight excluding hydrogens is 336 g/mol. The van der Waals surface area contributed by atoms with E-state index in [1.165, 1.54) is 12.1 Å². The molecule has 6 heteroatoms. The van der Waals surface area contributed by atoms with Crippen molar-refractivity contribution in [2.75, 3.05) is 0 Å². The fraction of sp³-hybridized carbons (Fsp3) is 0.316. The monoisotopic (exact) mass is 360 g/mol. The first-order valence-electron chi connectivity index (χ1n) is 8.05. The lowest BCUT2D eigenvalue weighted by Crippen LogP contribution is -2.40. The van der Waals surface area contributed by atoms with Gasteiger partial charge >= 0.3 is 0 Å².